The monoisotopic (exact) mass is 326 g/mol. The lowest BCUT2D eigenvalue weighted by atomic mass is 10.1. The van der Waals surface area contributed by atoms with Crippen molar-refractivity contribution in [3.05, 3.63) is 40.0 Å². The summed E-state index contributed by atoms with van der Waals surface area (Å²) in [7, 11) is 1.78. The lowest BCUT2D eigenvalue weighted by Gasteiger charge is -2.10. The molecule has 1 N–H and O–H groups in total. The van der Waals surface area contributed by atoms with Crippen molar-refractivity contribution in [2.75, 3.05) is 0 Å². The van der Waals surface area contributed by atoms with Crippen molar-refractivity contribution in [2.45, 2.75) is 19.8 Å². The lowest BCUT2D eigenvalue weighted by Crippen LogP contribution is -1.96. The maximum atomic E-state index is 9.68. The zero-order valence-electron chi connectivity index (χ0n) is 12.0. The van der Waals surface area contributed by atoms with Gasteiger partial charge in [-0.3, -0.25) is 0 Å². The molecule has 0 unspecified atom stereocenters. The molecule has 6 heteroatoms. The van der Waals surface area contributed by atoms with Gasteiger partial charge in [0.25, 0.3) is 0 Å². The van der Waals surface area contributed by atoms with E-state index < -0.39 is 0 Å². The van der Waals surface area contributed by atoms with E-state index in [0.29, 0.717) is 16.7 Å². The molecule has 1 aromatic carbocycles. The molecule has 0 fully saturated rings. The van der Waals surface area contributed by atoms with Crippen molar-refractivity contribution in [3.8, 4) is 17.4 Å². The number of aromatic hydroxyl groups is 1. The highest BCUT2D eigenvalue weighted by Gasteiger charge is 2.19. The molecule has 0 saturated carbocycles. The molecule has 0 bridgehead atoms. The average Bonchev–Trinajstić information content (AvgIpc) is 2.73. The van der Waals surface area contributed by atoms with Crippen molar-refractivity contribution in [3.63, 3.8) is 0 Å². The van der Waals surface area contributed by atoms with Crippen molar-refractivity contribution in [2.24, 2.45) is 7.05 Å². The van der Waals surface area contributed by atoms with Gasteiger partial charge < -0.3 is 9.84 Å². The molecule has 1 aromatic heterocycles. The minimum atomic E-state index is -0.0949. The van der Waals surface area contributed by atoms with E-state index in [9.17, 15) is 5.11 Å². The molecule has 1 heterocycles. The smallest absolute Gasteiger partial charge is 0.225 e. The van der Waals surface area contributed by atoms with Crippen LogP contribution in [0.25, 0.3) is 6.08 Å². The molecule has 0 aliphatic rings. The Morgan fingerprint density at radius 2 is 2.00 bits per heavy atom. The predicted octanol–water partition coefficient (Wildman–Crippen LogP) is 4.99. The summed E-state index contributed by atoms with van der Waals surface area (Å²) in [5.74, 6) is 0.954. The van der Waals surface area contributed by atoms with Gasteiger partial charge in [-0.15, -0.1) is 0 Å². The summed E-state index contributed by atoms with van der Waals surface area (Å²) < 4.78 is 7.43. The highest BCUT2D eigenvalue weighted by molar-refractivity contribution is 6.36. The van der Waals surface area contributed by atoms with Crippen LogP contribution in [0.2, 0.25) is 10.0 Å². The van der Waals surface area contributed by atoms with Crippen molar-refractivity contribution >= 4 is 29.3 Å². The lowest BCUT2D eigenvalue weighted by molar-refractivity contribution is 0.422. The Morgan fingerprint density at radius 3 is 2.57 bits per heavy atom. The van der Waals surface area contributed by atoms with E-state index in [4.69, 9.17) is 27.9 Å². The van der Waals surface area contributed by atoms with Crippen LogP contribution in [-0.4, -0.2) is 14.9 Å². The fourth-order valence-electron chi connectivity index (χ4n) is 1.98. The van der Waals surface area contributed by atoms with Gasteiger partial charge in [0.05, 0.1) is 21.3 Å². The van der Waals surface area contributed by atoms with Gasteiger partial charge in [0.1, 0.15) is 5.75 Å². The summed E-state index contributed by atoms with van der Waals surface area (Å²) in [6, 6.07) is 2.81. The summed E-state index contributed by atoms with van der Waals surface area (Å²) in [6.07, 6.45) is 1.70. The number of nitrogens with zero attached hydrogens (tertiary/aromatic N) is 2. The van der Waals surface area contributed by atoms with Gasteiger partial charge in [-0.1, -0.05) is 49.7 Å². The van der Waals surface area contributed by atoms with Gasteiger partial charge in [-0.05, 0) is 12.0 Å². The van der Waals surface area contributed by atoms with E-state index >= 15 is 0 Å². The number of hydrogen-bond acceptors (Lipinski definition) is 3. The number of halogens is 2. The van der Waals surface area contributed by atoms with Crippen LogP contribution in [0.4, 0.5) is 0 Å². The van der Waals surface area contributed by atoms with Crippen LogP contribution in [-0.2, 0) is 7.05 Å². The van der Waals surface area contributed by atoms with Gasteiger partial charge in [0.2, 0.25) is 5.88 Å². The van der Waals surface area contributed by atoms with E-state index in [2.05, 4.69) is 11.7 Å². The van der Waals surface area contributed by atoms with Crippen molar-refractivity contribution < 1.29 is 9.84 Å². The normalized spacial score (nSPS) is 11.0. The standard InChI is InChI=1S/C15H16Cl2N2O2/c1-5-9-14(8(2)3)18-19(4)15(9)21-13-7-12(20)10(16)6-11(13)17/h5-8,20H,1H2,2-4H3. The minimum absolute atomic E-state index is 0.0949. The first kappa shape index (κ1) is 15.7. The van der Waals surface area contributed by atoms with Crippen LogP contribution in [0.5, 0.6) is 17.4 Å². The number of aryl methyl sites for hydroxylation is 1. The molecule has 2 rings (SSSR count). The first-order chi connectivity index (χ1) is 9.85. The van der Waals surface area contributed by atoms with Gasteiger partial charge in [0.15, 0.2) is 5.75 Å². The number of hydrogen-bond donors (Lipinski definition) is 1. The molecule has 0 amide bonds. The molecule has 0 atom stereocenters. The number of phenols is 1. The fraction of sp³-hybridized carbons (Fsp3) is 0.267. The topological polar surface area (TPSA) is 47.3 Å². The molecule has 0 aliphatic carbocycles. The van der Waals surface area contributed by atoms with Crippen LogP contribution >= 0.6 is 23.2 Å². The highest BCUT2D eigenvalue weighted by Crippen LogP contribution is 2.39. The average molecular weight is 327 g/mol. The van der Waals surface area contributed by atoms with Crippen molar-refractivity contribution in [1.82, 2.24) is 9.78 Å². The van der Waals surface area contributed by atoms with Crippen molar-refractivity contribution in [1.29, 1.82) is 0 Å². The maximum Gasteiger partial charge on any atom is 0.225 e. The molecule has 0 radical (unpaired) electrons. The largest absolute Gasteiger partial charge is 0.506 e. The van der Waals surface area contributed by atoms with Crippen LogP contribution in [0.1, 0.15) is 31.0 Å². The predicted molar refractivity (Wildman–Crippen MR) is 85.6 cm³/mol. The zero-order valence-corrected chi connectivity index (χ0v) is 13.5. The highest BCUT2D eigenvalue weighted by atomic mass is 35.5. The van der Waals surface area contributed by atoms with E-state index in [-0.39, 0.29) is 16.7 Å². The molecular formula is C15H16Cl2N2O2. The molecule has 112 valence electrons. The van der Waals surface area contributed by atoms with Gasteiger partial charge in [-0.2, -0.15) is 5.10 Å². The molecular weight excluding hydrogens is 311 g/mol. The van der Waals surface area contributed by atoms with Gasteiger partial charge >= 0.3 is 0 Å². The van der Waals surface area contributed by atoms with E-state index in [0.717, 1.165) is 11.3 Å². The second-order valence-corrected chi connectivity index (χ2v) is 5.74. The summed E-state index contributed by atoms with van der Waals surface area (Å²) in [6.45, 7) is 7.89. The Labute approximate surface area is 133 Å². The zero-order chi connectivity index (χ0) is 15.7. The van der Waals surface area contributed by atoms with Crippen LogP contribution in [0.3, 0.4) is 0 Å². The summed E-state index contributed by atoms with van der Waals surface area (Å²) in [4.78, 5) is 0. The van der Waals surface area contributed by atoms with Gasteiger partial charge in [0, 0.05) is 13.1 Å². The quantitative estimate of drug-likeness (QED) is 0.860. The number of aromatic nitrogens is 2. The van der Waals surface area contributed by atoms with E-state index in [1.165, 1.54) is 12.1 Å². The summed E-state index contributed by atoms with van der Waals surface area (Å²) >= 11 is 11.9. The molecule has 4 nitrogen and oxygen atoms in total. The third-order valence-corrected chi connectivity index (χ3v) is 3.62. The molecule has 2 aromatic rings. The van der Waals surface area contributed by atoms with Crippen LogP contribution < -0.4 is 4.74 Å². The SMILES string of the molecule is C=Cc1c(C(C)C)nn(C)c1Oc1cc(O)c(Cl)cc1Cl. The molecule has 21 heavy (non-hydrogen) atoms. The number of ether oxygens (including phenoxy) is 1. The second kappa shape index (κ2) is 6.00. The number of rotatable bonds is 4. The summed E-state index contributed by atoms with van der Waals surface area (Å²) in [5, 5.41) is 14.6. The Kier molecular flexibility index (Phi) is 4.49. The first-order valence-corrected chi connectivity index (χ1v) is 7.16. The number of phenolic OH excluding ortho intramolecular Hbond substituents is 1. The molecule has 0 saturated heterocycles. The minimum Gasteiger partial charge on any atom is -0.506 e. The Morgan fingerprint density at radius 1 is 1.33 bits per heavy atom. The maximum absolute atomic E-state index is 9.68. The Balaban J connectivity index is 2.49. The summed E-state index contributed by atoms with van der Waals surface area (Å²) in [5.41, 5.74) is 1.69. The third kappa shape index (κ3) is 3.01. The molecule has 0 spiro atoms. The molecule has 0 aliphatic heterocycles. The third-order valence-electron chi connectivity index (χ3n) is 3.02. The van der Waals surface area contributed by atoms with E-state index in [1.807, 2.05) is 13.8 Å². The Bertz CT molecular complexity index is 693. The number of benzene rings is 1. The van der Waals surface area contributed by atoms with Crippen LogP contribution in [0, 0.1) is 0 Å². The second-order valence-electron chi connectivity index (χ2n) is 4.92. The first-order valence-electron chi connectivity index (χ1n) is 6.40. The fourth-order valence-corrected chi connectivity index (χ4v) is 2.41. The van der Waals surface area contributed by atoms with Gasteiger partial charge in [-0.25, -0.2) is 4.68 Å². The Hall–Kier alpha value is -1.65. The van der Waals surface area contributed by atoms with E-state index in [1.54, 1.807) is 17.8 Å². The van der Waals surface area contributed by atoms with Crippen LogP contribution in [0.15, 0.2) is 18.7 Å².